The Balaban J connectivity index is 1.91. The lowest BCUT2D eigenvalue weighted by Crippen LogP contribution is -2.16. The minimum Gasteiger partial charge on any atom is -0.373 e. The second-order valence-corrected chi connectivity index (χ2v) is 2.57. The van der Waals surface area contributed by atoms with E-state index < -0.39 is 0 Å². The molecule has 9 heavy (non-hydrogen) atoms. The van der Waals surface area contributed by atoms with Crippen LogP contribution in [-0.2, 0) is 9.47 Å². The normalized spacial score (nSPS) is 48.3. The fraction of sp³-hybridized carbons (Fsp3) is 1.00. The van der Waals surface area contributed by atoms with E-state index in [0.717, 1.165) is 13.2 Å². The van der Waals surface area contributed by atoms with Crippen LogP contribution in [-0.4, -0.2) is 32.0 Å². The number of nitrogens with two attached hydrogens (primary N) is 1. The van der Waals surface area contributed by atoms with E-state index in [2.05, 4.69) is 0 Å². The SMILES string of the molecule is NC[C@@H]1[C@H]2OCCO[C@@H]12. The average molecular weight is 129 g/mol. The summed E-state index contributed by atoms with van der Waals surface area (Å²) in [5, 5.41) is 0. The fourth-order valence-electron chi connectivity index (χ4n) is 1.39. The third-order valence-electron chi connectivity index (χ3n) is 2.00. The average Bonchev–Trinajstić information content (AvgIpc) is 2.60. The largest absolute Gasteiger partial charge is 0.373 e. The van der Waals surface area contributed by atoms with Crippen LogP contribution in [0.4, 0.5) is 0 Å². The summed E-state index contributed by atoms with van der Waals surface area (Å²) in [6, 6.07) is 0. The minimum absolute atomic E-state index is 0.337. The molecular formula is C6H11NO2. The molecular weight excluding hydrogens is 118 g/mol. The third-order valence-corrected chi connectivity index (χ3v) is 2.00. The Bertz CT molecular complexity index is 98.9. The van der Waals surface area contributed by atoms with Crippen molar-refractivity contribution in [2.24, 2.45) is 11.7 Å². The molecule has 1 aliphatic heterocycles. The molecule has 2 rings (SSSR count). The summed E-state index contributed by atoms with van der Waals surface area (Å²) in [6.07, 6.45) is 0.674. The highest BCUT2D eigenvalue weighted by Crippen LogP contribution is 2.38. The predicted molar refractivity (Wildman–Crippen MR) is 32.0 cm³/mol. The number of ether oxygens (including phenoxy) is 2. The smallest absolute Gasteiger partial charge is 0.0908 e. The van der Waals surface area contributed by atoms with E-state index in [1.165, 1.54) is 0 Å². The Labute approximate surface area is 54.1 Å². The van der Waals surface area contributed by atoms with E-state index in [-0.39, 0.29) is 0 Å². The van der Waals surface area contributed by atoms with Gasteiger partial charge in [-0.3, -0.25) is 0 Å². The molecule has 0 spiro atoms. The van der Waals surface area contributed by atoms with Gasteiger partial charge in [0.05, 0.1) is 25.4 Å². The van der Waals surface area contributed by atoms with Crippen molar-refractivity contribution in [1.29, 1.82) is 0 Å². The van der Waals surface area contributed by atoms with Crippen molar-refractivity contribution in [3.05, 3.63) is 0 Å². The van der Waals surface area contributed by atoms with Crippen LogP contribution in [0.5, 0.6) is 0 Å². The Hall–Kier alpha value is -0.120. The van der Waals surface area contributed by atoms with Gasteiger partial charge in [-0.25, -0.2) is 0 Å². The molecule has 2 fully saturated rings. The van der Waals surface area contributed by atoms with Crippen LogP contribution in [0.1, 0.15) is 0 Å². The van der Waals surface area contributed by atoms with Crippen LogP contribution in [0.3, 0.4) is 0 Å². The van der Waals surface area contributed by atoms with Crippen LogP contribution >= 0.6 is 0 Å². The molecule has 1 saturated carbocycles. The summed E-state index contributed by atoms with van der Waals surface area (Å²) in [7, 11) is 0. The molecule has 3 atom stereocenters. The standard InChI is InChI=1S/C6H11NO2/c7-3-4-5-6(4)9-2-1-8-5/h4-6H,1-3,7H2/t4-,5-,6+. The summed E-state index contributed by atoms with van der Waals surface area (Å²) in [4.78, 5) is 0. The van der Waals surface area contributed by atoms with Crippen LogP contribution in [0.2, 0.25) is 0 Å². The molecule has 0 unspecified atom stereocenters. The first-order valence-electron chi connectivity index (χ1n) is 3.37. The molecule has 0 aromatic rings. The van der Waals surface area contributed by atoms with Gasteiger partial charge in [-0.05, 0) is 0 Å². The lowest BCUT2D eigenvalue weighted by Gasteiger charge is -2.09. The van der Waals surface area contributed by atoms with E-state index >= 15 is 0 Å². The molecule has 52 valence electrons. The first-order chi connectivity index (χ1) is 4.43. The van der Waals surface area contributed by atoms with Gasteiger partial charge in [0.15, 0.2) is 0 Å². The first-order valence-corrected chi connectivity index (χ1v) is 3.37. The summed E-state index contributed by atoms with van der Waals surface area (Å²) < 4.78 is 10.7. The molecule has 0 bridgehead atoms. The zero-order valence-corrected chi connectivity index (χ0v) is 5.25. The van der Waals surface area contributed by atoms with Gasteiger partial charge < -0.3 is 15.2 Å². The number of rotatable bonds is 1. The van der Waals surface area contributed by atoms with E-state index in [4.69, 9.17) is 15.2 Å². The molecule has 0 amide bonds. The third kappa shape index (κ3) is 0.764. The number of hydrogen-bond donors (Lipinski definition) is 1. The predicted octanol–water partition coefficient (Wildman–Crippen LogP) is -0.641. The van der Waals surface area contributed by atoms with Crippen LogP contribution in [0, 0.1) is 5.92 Å². The van der Waals surface area contributed by atoms with Crippen molar-refractivity contribution >= 4 is 0 Å². The Morgan fingerprint density at radius 3 is 2.22 bits per heavy atom. The number of fused-ring (bicyclic) bond motifs is 1. The molecule has 0 radical (unpaired) electrons. The van der Waals surface area contributed by atoms with Gasteiger partial charge in [-0.15, -0.1) is 0 Å². The molecule has 1 aliphatic carbocycles. The van der Waals surface area contributed by atoms with Gasteiger partial charge >= 0.3 is 0 Å². The van der Waals surface area contributed by atoms with Gasteiger partial charge in [-0.2, -0.15) is 0 Å². The minimum atomic E-state index is 0.337. The topological polar surface area (TPSA) is 44.5 Å². The molecule has 3 nitrogen and oxygen atoms in total. The Morgan fingerprint density at radius 2 is 1.78 bits per heavy atom. The van der Waals surface area contributed by atoms with Crippen molar-refractivity contribution in [2.75, 3.05) is 19.8 Å². The van der Waals surface area contributed by atoms with Crippen molar-refractivity contribution in [3.8, 4) is 0 Å². The second kappa shape index (κ2) is 1.94. The van der Waals surface area contributed by atoms with Gasteiger partial charge in [0.2, 0.25) is 0 Å². The fourth-order valence-corrected chi connectivity index (χ4v) is 1.39. The van der Waals surface area contributed by atoms with Gasteiger partial charge in [0, 0.05) is 12.5 Å². The molecule has 1 saturated heterocycles. The molecule has 1 heterocycles. The molecule has 0 aromatic heterocycles. The Kier molecular flexibility index (Phi) is 1.22. The first kappa shape index (κ1) is 5.65. The van der Waals surface area contributed by atoms with Crippen LogP contribution in [0.15, 0.2) is 0 Å². The molecule has 0 aromatic carbocycles. The van der Waals surface area contributed by atoms with Crippen molar-refractivity contribution in [1.82, 2.24) is 0 Å². The van der Waals surface area contributed by atoms with Crippen LogP contribution in [0.25, 0.3) is 0 Å². The van der Waals surface area contributed by atoms with Crippen molar-refractivity contribution < 1.29 is 9.47 Å². The lowest BCUT2D eigenvalue weighted by molar-refractivity contribution is -0.0376. The summed E-state index contributed by atoms with van der Waals surface area (Å²) in [6.45, 7) is 2.20. The highest BCUT2D eigenvalue weighted by molar-refractivity contribution is 5.02. The van der Waals surface area contributed by atoms with E-state index in [1.807, 2.05) is 0 Å². The van der Waals surface area contributed by atoms with E-state index in [0.29, 0.717) is 24.7 Å². The van der Waals surface area contributed by atoms with E-state index in [1.54, 1.807) is 0 Å². The lowest BCUT2D eigenvalue weighted by atomic mass is 10.4. The summed E-state index contributed by atoms with van der Waals surface area (Å²) in [5.74, 6) is 0.493. The van der Waals surface area contributed by atoms with Crippen molar-refractivity contribution in [3.63, 3.8) is 0 Å². The maximum Gasteiger partial charge on any atom is 0.0908 e. The quantitative estimate of drug-likeness (QED) is 0.512. The molecule has 2 N–H and O–H groups in total. The summed E-state index contributed by atoms with van der Waals surface area (Å²) >= 11 is 0. The summed E-state index contributed by atoms with van der Waals surface area (Å²) in [5.41, 5.74) is 5.43. The highest BCUT2D eigenvalue weighted by atomic mass is 16.6. The molecule has 2 aliphatic rings. The maximum atomic E-state index is 5.43. The maximum absolute atomic E-state index is 5.43. The zero-order chi connectivity index (χ0) is 6.27. The number of hydrogen-bond acceptors (Lipinski definition) is 3. The highest BCUT2D eigenvalue weighted by Gasteiger charge is 2.53. The van der Waals surface area contributed by atoms with Gasteiger partial charge in [0.1, 0.15) is 0 Å². The van der Waals surface area contributed by atoms with Crippen LogP contribution < -0.4 is 5.73 Å². The van der Waals surface area contributed by atoms with Gasteiger partial charge in [0.25, 0.3) is 0 Å². The van der Waals surface area contributed by atoms with Crippen molar-refractivity contribution in [2.45, 2.75) is 12.2 Å². The monoisotopic (exact) mass is 129 g/mol. The second-order valence-electron chi connectivity index (χ2n) is 2.57. The van der Waals surface area contributed by atoms with E-state index in [9.17, 15) is 0 Å². The van der Waals surface area contributed by atoms with Gasteiger partial charge in [-0.1, -0.05) is 0 Å². The Morgan fingerprint density at radius 1 is 1.22 bits per heavy atom. The zero-order valence-electron chi connectivity index (χ0n) is 5.25. The molecule has 3 heteroatoms.